The summed E-state index contributed by atoms with van der Waals surface area (Å²) >= 11 is 5.08. The van der Waals surface area contributed by atoms with E-state index in [1.807, 2.05) is 0 Å². The van der Waals surface area contributed by atoms with Crippen molar-refractivity contribution in [3.05, 3.63) is 0 Å². The summed E-state index contributed by atoms with van der Waals surface area (Å²) in [5.41, 5.74) is 0.672. The summed E-state index contributed by atoms with van der Waals surface area (Å²) in [6.45, 7) is 4.62. The van der Waals surface area contributed by atoms with Gasteiger partial charge >= 0.3 is 0 Å². The molecule has 0 saturated heterocycles. The lowest BCUT2D eigenvalue weighted by atomic mass is 9.79. The maximum Gasteiger partial charge on any atom is 0.00522 e. The molecule has 0 heterocycles. The molecule has 0 aromatic heterocycles. The van der Waals surface area contributed by atoms with Crippen LogP contribution in [0.4, 0.5) is 0 Å². The van der Waals surface area contributed by atoms with Gasteiger partial charge in [-0.2, -0.15) is 0 Å². The maximum atomic E-state index is 2.57. The number of rotatable bonds is 7. The van der Waals surface area contributed by atoms with Crippen molar-refractivity contribution in [1.82, 2.24) is 0 Å². The van der Waals surface area contributed by atoms with Crippen molar-refractivity contribution >= 4 is 45.2 Å². The van der Waals surface area contributed by atoms with Crippen LogP contribution in [0.15, 0.2) is 0 Å². The molecule has 0 rings (SSSR count). The molecule has 0 aliphatic rings. The zero-order valence-corrected chi connectivity index (χ0v) is 12.5. The lowest BCUT2D eigenvalue weighted by molar-refractivity contribution is 0.272. The van der Waals surface area contributed by atoms with Gasteiger partial charge in [-0.1, -0.05) is 71.9 Å². The highest BCUT2D eigenvalue weighted by Crippen LogP contribution is 2.36. The van der Waals surface area contributed by atoms with Gasteiger partial charge in [-0.05, 0) is 24.7 Å². The molecular formula is C10H20I2. The number of alkyl halides is 2. The Balaban J connectivity index is 4.06. The molecule has 0 saturated carbocycles. The summed E-state index contributed by atoms with van der Waals surface area (Å²) in [4.78, 5) is 0. The molecule has 0 aromatic rings. The van der Waals surface area contributed by atoms with Gasteiger partial charge in [0.2, 0.25) is 0 Å². The molecule has 74 valence electrons. The van der Waals surface area contributed by atoms with Gasteiger partial charge in [0.25, 0.3) is 0 Å². The molecule has 0 aromatic carbocycles. The van der Waals surface area contributed by atoms with Crippen LogP contribution in [0.5, 0.6) is 0 Å². The Bertz CT molecular complexity index is 85.0. The van der Waals surface area contributed by atoms with Crippen LogP contribution in [-0.2, 0) is 0 Å². The first-order valence-corrected chi connectivity index (χ1v) is 7.91. The predicted molar refractivity (Wildman–Crippen MR) is 74.6 cm³/mol. The van der Waals surface area contributed by atoms with E-state index in [9.17, 15) is 0 Å². The third-order valence-corrected chi connectivity index (χ3v) is 4.63. The van der Waals surface area contributed by atoms with Crippen LogP contribution in [-0.4, -0.2) is 8.86 Å². The number of halogens is 2. The number of hydrogen-bond donors (Lipinski definition) is 0. The lowest BCUT2D eigenvalue weighted by Gasteiger charge is -2.31. The minimum absolute atomic E-state index is 0.672. The summed E-state index contributed by atoms with van der Waals surface area (Å²) in [6.07, 6.45) is 6.96. The molecular weight excluding hydrogens is 374 g/mol. The van der Waals surface area contributed by atoms with Crippen molar-refractivity contribution < 1.29 is 0 Å². The van der Waals surface area contributed by atoms with E-state index in [0.29, 0.717) is 5.41 Å². The van der Waals surface area contributed by atoms with E-state index in [4.69, 9.17) is 0 Å². The Morgan fingerprint density at radius 1 is 0.917 bits per heavy atom. The fourth-order valence-corrected chi connectivity index (χ4v) is 4.12. The molecule has 0 spiro atoms. The van der Waals surface area contributed by atoms with Gasteiger partial charge in [-0.3, -0.25) is 0 Å². The minimum atomic E-state index is 0.672. The van der Waals surface area contributed by atoms with Crippen LogP contribution >= 0.6 is 45.2 Å². The molecule has 0 fully saturated rings. The second kappa shape index (κ2) is 7.83. The first-order valence-electron chi connectivity index (χ1n) is 4.86. The van der Waals surface area contributed by atoms with Crippen LogP contribution < -0.4 is 0 Å². The third kappa shape index (κ3) is 4.63. The molecule has 0 bridgehead atoms. The monoisotopic (exact) mass is 394 g/mol. The highest BCUT2D eigenvalue weighted by Gasteiger charge is 2.25. The van der Waals surface area contributed by atoms with Crippen molar-refractivity contribution in [3.8, 4) is 0 Å². The first-order chi connectivity index (χ1) is 5.74. The first kappa shape index (κ1) is 13.5. The van der Waals surface area contributed by atoms with E-state index >= 15 is 0 Å². The van der Waals surface area contributed by atoms with Crippen molar-refractivity contribution in [3.63, 3.8) is 0 Å². The molecule has 2 heteroatoms. The Labute approximate surface area is 105 Å². The van der Waals surface area contributed by atoms with Gasteiger partial charge in [0, 0.05) is 8.86 Å². The lowest BCUT2D eigenvalue weighted by Crippen LogP contribution is -2.22. The Morgan fingerprint density at radius 2 is 1.42 bits per heavy atom. The quantitative estimate of drug-likeness (QED) is 0.429. The van der Waals surface area contributed by atoms with Gasteiger partial charge < -0.3 is 0 Å². The summed E-state index contributed by atoms with van der Waals surface area (Å²) in [6, 6.07) is 0. The fraction of sp³-hybridized carbons (Fsp3) is 1.00. The van der Waals surface area contributed by atoms with Crippen LogP contribution in [0.25, 0.3) is 0 Å². The van der Waals surface area contributed by atoms with Crippen LogP contribution in [0.1, 0.15) is 46.0 Å². The Morgan fingerprint density at radius 3 is 1.67 bits per heavy atom. The zero-order valence-electron chi connectivity index (χ0n) is 8.21. The van der Waals surface area contributed by atoms with Crippen molar-refractivity contribution in [2.24, 2.45) is 5.41 Å². The van der Waals surface area contributed by atoms with Crippen molar-refractivity contribution in [1.29, 1.82) is 0 Å². The Kier molecular flexibility index (Phi) is 8.78. The van der Waals surface area contributed by atoms with Gasteiger partial charge in [0.15, 0.2) is 0 Å². The second-order valence-electron chi connectivity index (χ2n) is 3.57. The summed E-state index contributed by atoms with van der Waals surface area (Å²) in [7, 11) is 0. The van der Waals surface area contributed by atoms with Crippen LogP contribution in [0.3, 0.4) is 0 Å². The van der Waals surface area contributed by atoms with Crippen molar-refractivity contribution in [2.45, 2.75) is 46.0 Å². The average molecular weight is 394 g/mol. The largest absolute Gasteiger partial charge is 0.0864 e. The predicted octanol–water partition coefficient (Wildman–Crippen LogP) is 4.83. The SMILES string of the molecule is CCCC(CI)(CCC)CCI. The van der Waals surface area contributed by atoms with Gasteiger partial charge in [-0.15, -0.1) is 0 Å². The highest BCUT2D eigenvalue weighted by molar-refractivity contribution is 14.1. The Hall–Kier alpha value is 1.46. The third-order valence-electron chi connectivity index (χ3n) is 2.47. The molecule has 0 aliphatic carbocycles. The summed E-state index contributed by atoms with van der Waals surface area (Å²) in [5, 5.41) is 0. The zero-order chi connectivity index (χ0) is 9.45. The minimum Gasteiger partial charge on any atom is -0.0864 e. The molecule has 0 amide bonds. The normalized spacial score (nSPS) is 12.0. The van der Waals surface area contributed by atoms with Crippen LogP contribution in [0, 0.1) is 5.41 Å². The molecule has 0 atom stereocenters. The van der Waals surface area contributed by atoms with Gasteiger partial charge in [-0.25, -0.2) is 0 Å². The number of hydrogen-bond acceptors (Lipinski definition) is 0. The fourth-order valence-electron chi connectivity index (χ4n) is 1.84. The van der Waals surface area contributed by atoms with E-state index in [2.05, 4.69) is 59.0 Å². The molecule has 0 N–H and O–H groups in total. The molecule has 0 aliphatic heterocycles. The van der Waals surface area contributed by atoms with E-state index in [1.54, 1.807) is 0 Å². The highest BCUT2D eigenvalue weighted by atomic mass is 127. The van der Waals surface area contributed by atoms with E-state index in [0.717, 1.165) is 0 Å². The molecule has 0 unspecified atom stereocenters. The summed E-state index contributed by atoms with van der Waals surface area (Å²) < 4.78 is 2.66. The maximum absolute atomic E-state index is 2.57. The summed E-state index contributed by atoms with van der Waals surface area (Å²) in [5.74, 6) is 0. The van der Waals surface area contributed by atoms with E-state index < -0.39 is 0 Å². The van der Waals surface area contributed by atoms with E-state index in [1.165, 1.54) is 41.0 Å². The molecule has 12 heavy (non-hydrogen) atoms. The second-order valence-corrected chi connectivity index (χ2v) is 5.41. The van der Waals surface area contributed by atoms with Crippen molar-refractivity contribution in [2.75, 3.05) is 8.86 Å². The van der Waals surface area contributed by atoms with Gasteiger partial charge in [0.05, 0.1) is 0 Å². The standard InChI is InChI=1S/C10H20I2/c1-3-5-10(9-12,6-4-2)7-8-11/h3-9H2,1-2H3. The topological polar surface area (TPSA) is 0 Å². The van der Waals surface area contributed by atoms with E-state index in [-0.39, 0.29) is 0 Å². The molecule has 0 nitrogen and oxygen atoms in total. The van der Waals surface area contributed by atoms with Gasteiger partial charge in [0.1, 0.15) is 0 Å². The smallest absolute Gasteiger partial charge is 0.00522 e. The molecule has 0 radical (unpaired) electrons. The average Bonchev–Trinajstić information content (AvgIpc) is 2.06. The van der Waals surface area contributed by atoms with Crippen LogP contribution in [0.2, 0.25) is 0 Å².